The molecule has 0 atom stereocenters. The number of benzene rings is 1. The molecule has 1 aromatic heterocycles. The lowest BCUT2D eigenvalue weighted by Gasteiger charge is -2.03. The Hall–Kier alpha value is -2.41. The molecular weight excluding hydrogens is 202 g/mol. The van der Waals surface area contributed by atoms with Crippen LogP contribution in [0.25, 0.3) is 0 Å². The Kier molecular flexibility index (Phi) is 3.10. The average Bonchev–Trinajstić information content (AvgIpc) is 2.38. The summed E-state index contributed by atoms with van der Waals surface area (Å²) < 4.78 is 5.36. The van der Waals surface area contributed by atoms with Crippen LogP contribution in [-0.4, -0.2) is 9.97 Å². The summed E-state index contributed by atoms with van der Waals surface area (Å²) in [5.74, 6) is 0. The van der Waals surface area contributed by atoms with Gasteiger partial charge in [-0.05, 0) is 11.6 Å². The Morgan fingerprint density at radius 1 is 1.19 bits per heavy atom. The molecule has 0 bridgehead atoms. The first-order chi connectivity index (χ1) is 7.88. The van der Waals surface area contributed by atoms with Crippen LogP contribution in [0.3, 0.4) is 0 Å². The predicted octanol–water partition coefficient (Wildman–Crippen LogP) is 1.93. The molecule has 1 aromatic carbocycles. The molecule has 0 N–H and O–H groups in total. The molecule has 4 nitrogen and oxygen atoms in total. The quantitative estimate of drug-likeness (QED) is 0.778. The van der Waals surface area contributed by atoms with E-state index >= 15 is 0 Å². The van der Waals surface area contributed by atoms with Gasteiger partial charge in [-0.2, -0.15) is 10.2 Å². The van der Waals surface area contributed by atoms with Gasteiger partial charge < -0.3 is 4.74 Å². The third-order valence-corrected chi connectivity index (χ3v) is 1.96. The summed E-state index contributed by atoms with van der Waals surface area (Å²) in [6, 6.07) is 13.4. The zero-order valence-electron chi connectivity index (χ0n) is 8.50. The first-order valence-electron chi connectivity index (χ1n) is 4.78. The van der Waals surface area contributed by atoms with Gasteiger partial charge in [-0.15, -0.1) is 0 Å². The van der Waals surface area contributed by atoms with Crippen molar-refractivity contribution in [1.82, 2.24) is 9.97 Å². The molecule has 0 radical (unpaired) electrons. The summed E-state index contributed by atoms with van der Waals surface area (Å²) in [5.41, 5.74) is 1.34. The van der Waals surface area contributed by atoms with E-state index in [1.165, 1.54) is 12.3 Å². The van der Waals surface area contributed by atoms with Crippen molar-refractivity contribution >= 4 is 0 Å². The molecule has 16 heavy (non-hydrogen) atoms. The SMILES string of the molecule is N#Cc1ccnc(OCc2ccccc2)n1. The van der Waals surface area contributed by atoms with E-state index in [-0.39, 0.29) is 6.01 Å². The van der Waals surface area contributed by atoms with Crippen molar-refractivity contribution in [3.05, 3.63) is 53.9 Å². The van der Waals surface area contributed by atoms with Gasteiger partial charge in [-0.25, -0.2) is 4.98 Å². The molecule has 2 rings (SSSR count). The fourth-order valence-corrected chi connectivity index (χ4v) is 1.19. The molecule has 2 aromatic rings. The van der Waals surface area contributed by atoms with Crippen LogP contribution >= 0.6 is 0 Å². The first-order valence-corrected chi connectivity index (χ1v) is 4.78. The minimum atomic E-state index is 0.225. The lowest BCUT2D eigenvalue weighted by molar-refractivity contribution is 0.280. The van der Waals surface area contributed by atoms with Crippen LogP contribution in [0, 0.1) is 11.3 Å². The fraction of sp³-hybridized carbons (Fsp3) is 0.0833. The summed E-state index contributed by atoms with van der Waals surface area (Å²) in [6.45, 7) is 0.399. The number of ether oxygens (including phenoxy) is 1. The molecule has 0 aliphatic carbocycles. The van der Waals surface area contributed by atoms with Crippen LogP contribution in [0.15, 0.2) is 42.6 Å². The van der Waals surface area contributed by atoms with E-state index in [4.69, 9.17) is 10.00 Å². The number of aromatic nitrogens is 2. The zero-order valence-corrected chi connectivity index (χ0v) is 8.50. The molecule has 0 amide bonds. The second-order valence-corrected chi connectivity index (χ2v) is 3.11. The number of nitrogens with zero attached hydrogens (tertiary/aromatic N) is 3. The van der Waals surface area contributed by atoms with Crippen LogP contribution in [-0.2, 0) is 6.61 Å². The Balaban J connectivity index is 2.03. The van der Waals surface area contributed by atoms with Crippen molar-refractivity contribution < 1.29 is 4.74 Å². The normalized spacial score (nSPS) is 9.44. The van der Waals surface area contributed by atoms with E-state index in [0.717, 1.165) is 5.56 Å². The van der Waals surface area contributed by atoms with Gasteiger partial charge in [0.05, 0.1) is 0 Å². The summed E-state index contributed by atoms with van der Waals surface area (Å²) in [5, 5.41) is 8.65. The van der Waals surface area contributed by atoms with E-state index in [1.807, 2.05) is 36.4 Å². The highest BCUT2D eigenvalue weighted by molar-refractivity contribution is 5.20. The molecule has 4 heteroatoms. The Bertz CT molecular complexity index is 505. The molecule has 0 aliphatic heterocycles. The molecular formula is C12H9N3O. The first kappa shape index (κ1) is 10.1. The molecule has 0 spiro atoms. The zero-order chi connectivity index (χ0) is 11.2. The van der Waals surface area contributed by atoms with Crippen molar-refractivity contribution in [1.29, 1.82) is 5.26 Å². The number of rotatable bonds is 3. The lowest BCUT2D eigenvalue weighted by Crippen LogP contribution is -1.99. The minimum Gasteiger partial charge on any atom is -0.459 e. The number of nitriles is 1. The summed E-state index contributed by atoms with van der Waals surface area (Å²) >= 11 is 0. The van der Waals surface area contributed by atoms with E-state index in [9.17, 15) is 0 Å². The standard InChI is InChI=1S/C12H9N3O/c13-8-11-6-7-14-12(15-11)16-9-10-4-2-1-3-5-10/h1-7H,9H2. The van der Waals surface area contributed by atoms with Gasteiger partial charge in [0.15, 0.2) is 0 Å². The summed E-state index contributed by atoms with van der Waals surface area (Å²) in [4.78, 5) is 7.83. The molecule has 0 saturated heterocycles. The molecule has 0 saturated carbocycles. The topological polar surface area (TPSA) is 58.8 Å². The van der Waals surface area contributed by atoms with Gasteiger partial charge in [0, 0.05) is 6.20 Å². The van der Waals surface area contributed by atoms with Crippen LogP contribution in [0.5, 0.6) is 6.01 Å². The fourth-order valence-electron chi connectivity index (χ4n) is 1.19. The van der Waals surface area contributed by atoms with Gasteiger partial charge in [0.25, 0.3) is 0 Å². The Labute approximate surface area is 93.2 Å². The maximum atomic E-state index is 8.65. The van der Waals surface area contributed by atoms with Crippen molar-refractivity contribution in [3.8, 4) is 12.1 Å². The van der Waals surface area contributed by atoms with Crippen LogP contribution in [0.2, 0.25) is 0 Å². The largest absolute Gasteiger partial charge is 0.459 e. The second kappa shape index (κ2) is 4.89. The highest BCUT2D eigenvalue weighted by Gasteiger charge is 1.99. The highest BCUT2D eigenvalue weighted by Crippen LogP contribution is 2.06. The maximum absolute atomic E-state index is 8.65. The second-order valence-electron chi connectivity index (χ2n) is 3.11. The third-order valence-electron chi connectivity index (χ3n) is 1.96. The van der Waals surface area contributed by atoms with E-state index in [1.54, 1.807) is 0 Å². The van der Waals surface area contributed by atoms with E-state index in [2.05, 4.69) is 9.97 Å². The Morgan fingerprint density at radius 2 is 2.00 bits per heavy atom. The lowest BCUT2D eigenvalue weighted by atomic mass is 10.2. The van der Waals surface area contributed by atoms with Crippen molar-refractivity contribution in [2.24, 2.45) is 0 Å². The van der Waals surface area contributed by atoms with Gasteiger partial charge in [0.2, 0.25) is 0 Å². The highest BCUT2D eigenvalue weighted by atomic mass is 16.5. The van der Waals surface area contributed by atoms with Gasteiger partial charge in [-0.1, -0.05) is 30.3 Å². The van der Waals surface area contributed by atoms with Gasteiger partial charge in [0.1, 0.15) is 18.4 Å². The van der Waals surface area contributed by atoms with E-state index < -0.39 is 0 Å². The van der Waals surface area contributed by atoms with Crippen molar-refractivity contribution in [2.45, 2.75) is 6.61 Å². The molecule has 0 aliphatic rings. The number of hydrogen-bond donors (Lipinski definition) is 0. The van der Waals surface area contributed by atoms with Gasteiger partial charge >= 0.3 is 6.01 Å². The summed E-state index contributed by atoms with van der Waals surface area (Å²) in [7, 11) is 0. The van der Waals surface area contributed by atoms with Crippen molar-refractivity contribution in [2.75, 3.05) is 0 Å². The monoisotopic (exact) mass is 211 g/mol. The van der Waals surface area contributed by atoms with Crippen LogP contribution in [0.4, 0.5) is 0 Å². The molecule has 1 heterocycles. The molecule has 78 valence electrons. The maximum Gasteiger partial charge on any atom is 0.317 e. The molecule has 0 unspecified atom stereocenters. The van der Waals surface area contributed by atoms with Crippen LogP contribution in [0.1, 0.15) is 11.3 Å². The van der Waals surface area contributed by atoms with E-state index in [0.29, 0.717) is 12.3 Å². The van der Waals surface area contributed by atoms with Crippen LogP contribution < -0.4 is 4.74 Å². The third kappa shape index (κ3) is 2.55. The van der Waals surface area contributed by atoms with Gasteiger partial charge in [-0.3, -0.25) is 0 Å². The summed E-state index contributed by atoms with van der Waals surface area (Å²) in [6.07, 6.45) is 1.51. The smallest absolute Gasteiger partial charge is 0.317 e. The predicted molar refractivity (Wildman–Crippen MR) is 57.5 cm³/mol. The minimum absolute atomic E-state index is 0.225. The van der Waals surface area contributed by atoms with Crippen molar-refractivity contribution in [3.63, 3.8) is 0 Å². The Morgan fingerprint density at radius 3 is 2.75 bits per heavy atom. The molecule has 0 fully saturated rings. The average molecular weight is 211 g/mol. The number of hydrogen-bond acceptors (Lipinski definition) is 4.